The second kappa shape index (κ2) is 5.79. The minimum atomic E-state index is -0.0466. The Labute approximate surface area is 143 Å². The summed E-state index contributed by atoms with van der Waals surface area (Å²) in [6.45, 7) is 5.24. The first-order valence-electron chi connectivity index (χ1n) is 7.72. The zero-order valence-corrected chi connectivity index (χ0v) is 14.2. The van der Waals surface area contributed by atoms with Crippen molar-refractivity contribution in [3.63, 3.8) is 0 Å². The Morgan fingerprint density at radius 2 is 2.08 bits per heavy atom. The fraction of sp³-hybridized carbons (Fsp3) is 0.312. The fourth-order valence-corrected chi connectivity index (χ4v) is 3.69. The summed E-state index contributed by atoms with van der Waals surface area (Å²) in [6, 6.07) is 3.45. The lowest BCUT2D eigenvalue weighted by molar-refractivity contribution is 0.0644. The SMILES string of the molecule is Cc1nsc(-c2ncc3n2CCN(C(=O)c2ccncc2)[C@@H]3C)n1. The van der Waals surface area contributed by atoms with E-state index in [1.54, 1.807) is 24.5 Å². The molecule has 3 aromatic heterocycles. The highest BCUT2D eigenvalue weighted by Gasteiger charge is 2.31. The number of carbonyl (C=O) groups excluding carboxylic acids is 1. The molecule has 0 saturated heterocycles. The molecule has 0 bridgehead atoms. The Hall–Kier alpha value is -2.61. The summed E-state index contributed by atoms with van der Waals surface area (Å²) in [7, 11) is 0. The predicted molar refractivity (Wildman–Crippen MR) is 89.6 cm³/mol. The highest BCUT2D eigenvalue weighted by molar-refractivity contribution is 7.09. The second-order valence-corrected chi connectivity index (χ2v) is 6.47. The molecule has 0 aromatic carbocycles. The van der Waals surface area contributed by atoms with Gasteiger partial charge in [-0.25, -0.2) is 9.97 Å². The van der Waals surface area contributed by atoms with Gasteiger partial charge in [0.15, 0.2) is 10.8 Å². The number of imidazole rings is 1. The maximum Gasteiger partial charge on any atom is 0.254 e. The fourth-order valence-electron chi connectivity index (χ4n) is 3.01. The number of pyridine rings is 1. The molecule has 4 rings (SSSR count). The summed E-state index contributed by atoms with van der Waals surface area (Å²) in [5.74, 6) is 1.61. The van der Waals surface area contributed by atoms with Gasteiger partial charge in [0.1, 0.15) is 5.82 Å². The van der Waals surface area contributed by atoms with Gasteiger partial charge in [-0.1, -0.05) is 0 Å². The maximum absolute atomic E-state index is 12.7. The minimum Gasteiger partial charge on any atom is -0.329 e. The van der Waals surface area contributed by atoms with Crippen LogP contribution in [-0.2, 0) is 6.54 Å². The zero-order valence-electron chi connectivity index (χ0n) is 13.4. The molecular weight excluding hydrogens is 324 g/mol. The van der Waals surface area contributed by atoms with Crippen molar-refractivity contribution in [2.45, 2.75) is 26.4 Å². The van der Waals surface area contributed by atoms with Crippen LogP contribution in [0.3, 0.4) is 0 Å². The van der Waals surface area contributed by atoms with Crippen molar-refractivity contribution in [3.05, 3.63) is 47.8 Å². The average molecular weight is 340 g/mol. The molecule has 0 spiro atoms. The van der Waals surface area contributed by atoms with Crippen LogP contribution in [0, 0.1) is 6.92 Å². The Bertz CT molecular complexity index is 887. The number of amides is 1. The first-order valence-corrected chi connectivity index (χ1v) is 8.49. The normalized spacial score (nSPS) is 16.9. The smallest absolute Gasteiger partial charge is 0.254 e. The average Bonchev–Trinajstić information content (AvgIpc) is 3.22. The first kappa shape index (κ1) is 14.9. The molecule has 0 unspecified atom stereocenters. The Kier molecular flexibility index (Phi) is 3.61. The molecule has 1 aliphatic rings. The van der Waals surface area contributed by atoms with Crippen molar-refractivity contribution in [2.75, 3.05) is 6.54 Å². The van der Waals surface area contributed by atoms with Crippen LogP contribution < -0.4 is 0 Å². The molecule has 8 heteroatoms. The molecule has 0 radical (unpaired) electrons. The van der Waals surface area contributed by atoms with E-state index in [2.05, 4.69) is 23.9 Å². The Balaban J connectivity index is 1.65. The van der Waals surface area contributed by atoms with Crippen molar-refractivity contribution in [1.29, 1.82) is 0 Å². The number of aromatic nitrogens is 5. The van der Waals surface area contributed by atoms with E-state index in [0.717, 1.165) is 22.4 Å². The third-order valence-corrected chi connectivity index (χ3v) is 5.06. The molecule has 3 aromatic rings. The monoisotopic (exact) mass is 340 g/mol. The van der Waals surface area contributed by atoms with E-state index in [-0.39, 0.29) is 11.9 Å². The number of hydrogen-bond acceptors (Lipinski definition) is 6. The van der Waals surface area contributed by atoms with Crippen LogP contribution in [-0.4, -0.2) is 41.2 Å². The van der Waals surface area contributed by atoms with Gasteiger partial charge in [0.25, 0.3) is 5.91 Å². The molecule has 0 aliphatic carbocycles. The van der Waals surface area contributed by atoms with Crippen LogP contribution >= 0.6 is 11.5 Å². The summed E-state index contributed by atoms with van der Waals surface area (Å²) in [5.41, 5.74) is 1.68. The van der Waals surface area contributed by atoms with E-state index in [1.165, 1.54) is 11.5 Å². The van der Waals surface area contributed by atoms with Crippen LogP contribution in [0.4, 0.5) is 0 Å². The predicted octanol–water partition coefficient (Wildman–Crippen LogP) is 2.32. The summed E-state index contributed by atoms with van der Waals surface area (Å²) >= 11 is 1.35. The number of fused-ring (bicyclic) bond motifs is 1. The van der Waals surface area contributed by atoms with E-state index in [9.17, 15) is 4.79 Å². The largest absolute Gasteiger partial charge is 0.329 e. The van der Waals surface area contributed by atoms with Gasteiger partial charge in [0, 0.05) is 31.0 Å². The van der Waals surface area contributed by atoms with Crippen LogP contribution in [0.5, 0.6) is 0 Å². The first-order chi connectivity index (χ1) is 11.6. The maximum atomic E-state index is 12.7. The summed E-state index contributed by atoms with van der Waals surface area (Å²) in [4.78, 5) is 27.5. The van der Waals surface area contributed by atoms with Gasteiger partial charge < -0.3 is 9.47 Å². The molecule has 0 fully saturated rings. The standard InChI is InChI=1S/C16H16N6OS/c1-10-13-9-18-14(15-19-11(2)20-24-15)22(13)8-7-21(10)16(23)12-3-5-17-6-4-12/h3-6,9-10H,7-8H2,1-2H3/t10-/m1/s1. The number of carbonyl (C=O) groups is 1. The van der Waals surface area contributed by atoms with Crippen LogP contribution in [0.15, 0.2) is 30.7 Å². The van der Waals surface area contributed by atoms with Crippen molar-refractivity contribution >= 4 is 17.4 Å². The van der Waals surface area contributed by atoms with E-state index in [4.69, 9.17) is 0 Å². The highest BCUT2D eigenvalue weighted by atomic mass is 32.1. The zero-order chi connectivity index (χ0) is 16.7. The molecule has 24 heavy (non-hydrogen) atoms. The van der Waals surface area contributed by atoms with Crippen molar-refractivity contribution in [3.8, 4) is 10.8 Å². The molecule has 1 atom stereocenters. The van der Waals surface area contributed by atoms with Gasteiger partial charge in [0.2, 0.25) is 0 Å². The third-order valence-electron chi connectivity index (χ3n) is 4.25. The van der Waals surface area contributed by atoms with E-state index in [0.29, 0.717) is 18.7 Å². The highest BCUT2D eigenvalue weighted by Crippen LogP contribution is 2.31. The quantitative estimate of drug-likeness (QED) is 0.715. The lowest BCUT2D eigenvalue weighted by Crippen LogP contribution is -2.41. The van der Waals surface area contributed by atoms with Crippen LogP contribution in [0.2, 0.25) is 0 Å². The van der Waals surface area contributed by atoms with Gasteiger partial charge in [-0.3, -0.25) is 9.78 Å². The summed E-state index contributed by atoms with van der Waals surface area (Å²) in [5, 5.41) is 0.819. The molecule has 4 heterocycles. The van der Waals surface area contributed by atoms with Gasteiger partial charge in [-0.05, 0) is 37.5 Å². The van der Waals surface area contributed by atoms with Gasteiger partial charge >= 0.3 is 0 Å². The molecule has 1 amide bonds. The van der Waals surface area contributed by atoms with E-state index < -0.39 is 0 Å². The van der Waals surface area contributed by atoms with Crippen LogP contribution in [0.1, 0.15) is 34.8 Å². The third kappa shape index (κ3) is 2.39. The van der Waals surface area contributed by atoms with Crippen molar-refractivity contribution in [2.24, 2.45) is 0 Å². The lowest BCUT2D eigenvalue weighted by atomic mass is 10.1. The van der Waals surface area contributed by atoms with E-state index in [1.807, 2.05) is 24.9 Å². The van der Waals surface area contributed by atoms with Gasteiger partial charge in [0.05, 0.1) is 17.9 Å². The van der Waals surface area contributed by atoms with Crippen LogP contribution in [0.25, 0.3) is 10.8 Å². The van der Waals surface area contributed by atoms with E-state index >= 15 is 0 Å². The Morgan fingerprint density at radius 1 is 1.29 bits per heavy atom. The van der Waals surface area contributed by atoms with Gasteiger partial charge in [-0.2, -0.15) is 4.37 Å². The summed E-state index contributed by atoms with van der Waals surface area (Å²) < 4.78 is 6.37. The molecule has 1 aliphatic heterocycles. The van der Waals surface area contributed by atoms with Crippen molar-refractivity contribution in [1.82, 2.24) is 28.8 Å². The molecule has 0 N–H and O–H groups in total. The molecule has 7 nitrogen and oxygen atoms in total. The van der Waals surface area contributed by atoms with Gasteiger partial charge in [-0.15, -0.1) is 0 Å². The Morgan fingerprint density at radius 3 is 2.79 bits per heavy atom. The molecule has 122 valence electrons. The number of rotatable bonds is 2. The lowest BCUT2D eigenvalue weighted by Gasteiger charge is -2.34. The summed E-state index contributed by atoms with van der Waals surface area (Å²) in [6.07, 6.45) is 5.12. The molecule has 0 saturated carbocycles. The number of aryl methyl sites for hydroxylation is 1. The second-order valence-electron chi connectivity index (χ2n) is 5.72. The topological polar surface area (TPSA) is 76.8 Å². The van der Waals surface area contributed by atoms with Crippen molar-refractivity contribution < 1.29 is 4.79 Å². The molecular formula is C16H16N6OS. The minimum absolute atomic E-state index is 0.0191. The number of hydrogen-bond donors (Lipinski definition) is 0. The number of nitrogens with zero attached hydrogens (tertiary/aromatic N) is 6.